The Labute approximate surface area is 189 Å². The van der Waals surface area contributed by atoms with E-state index in [-0.39, 0.29) is 17.1 Å². The van der Waals surface area contributed by atoms with Crippen LogP contribution in [-0.2, 0) is 21.3 Å². The molecule has 4 rings (SSSR count). The molecule has 0 aliphatic carbocycles. The lowest BCUT2D eigenvalue weighted by Crippen LogP contribution is -2.40. The van der Waals surface area contributed by atoms with E-state index in [4.69, 9.17) is 4.74 Å². The number of nitrogens with zero attached hydrogens (tertiary/aromatic N) is 3. The van der Waals surface area contributed by atoms with Crippen molar-refractivity contribution < 1.29 is 22.3 Å². The van der Waals surface area contributed by atoms with E-state index in [1.165, 1.54) is 52.8 Å². The van der Waals surface area contributed by atoms with Gasteiger partial charge >= 0.3 is 0 Å². The zero-order valence-electron chi connectivity index (χ0n) is 17.5. The number of morpholine rings is 1. The number of ether oxygens (including phenoxy) is 1. The summed E-state index contributed by atoms with van der Waals surface area (Å²) in [6.45, 7) is 1.49. The zero-order valence-corrected chi connectivity index (χ0v) is 18.3. The zero-order chi connectivity index (χ0) is 23.4. The Balaban J connectivity index is 1.43. The summed E-state index contributed by atoms with van der Waals surface area (Å²) in [5.74, 6) is -0.972. The summed E-state index contributed by atoms with van der Waals surface area (Å²) >= 11 is 0. The number of hydrogen-bond acceptors (Lipinski definition) is 6. The largest absolute Gasteiger partial charge is 0.379 e. The summed E-state index contributed by atoms with van der Waals surface area (Å²) in [6, 6.07) is 13.9. The molecule has 0 spiro atoms. The van der Waals surface area contributed by atoms with Crippen LogP contribution in [0, 0.1) is 5.82 Å². The summed E-state index contributed by atoms with van der Waals surface area (Å²) in [6.07, 6.45) is 0. The number of nitrogens with one attached hydrogen (secondary N) is 1. The van der Waals surface area contributed by atoms with Gasteiger partial charge in [-0.25, -0.2) is 12.8 Å². The van der Waals surface area contributed by atoms with Gasteiger partial charge in [-0.1, -0.05) is 12.1 Å². The fraction of sp³-hybridized carbons (Fsp3) is 0.227. The molecule has 2 aromatic carbocycles. The third kappa shape index (κ3) is 5.16. The van der Waals surface area contributed by atoms with Gasteiger partial charge in [0, 0.05) is 25.7 Å². The molecule has 33 heavy (non-hydrogen) atoms. The Kier molecular flexibility index (Phi) is 6.63. The average Bonchev–Trinajstić information content (AvgIpc) is 2.84. The van der Waals surface area contributed by atoms with Gasteiger partial charge in [0.25, 0.3) is 11.5 Å². The van der Waals surface area contributed by atoms with E-state index < -0.39 is 27.3 Å². The van der Waals surface area contributed by atoms with Crippen LogP contribution in [0.15, 0.2) is 70.4 Å². The third-order valence-corrected chi connectivity index (χ3v) is 7.00. The lowest BCUT2D eigenvalue weighted by molar-refractivity contribution is 0.0730. The molecule has 0 radical (unpaired) electrons. The highest BCUT2D eigenvalue weighted by Gasteiger charge is 2.26. The molecule has 1 aromatic heterocycles. The van der Waals surface area contributed by atoms with Crippen LogP contribution in [-0.4, -0.2) is 54.7 Å². The number of carbonyl (C=O) groups is 1. The lowest BCUT2D eigenvalue weighted by Gasteiger charge is -2.26. The number of rotatable bonds is 6. The van der Waals surface area contributed by atoms with Gasteiger partial charge in [0.15, 0.2) is 0 Å². The quantitative estimate of drug-likeness (QED) is 0.580. The number of halogens is 1. The summed E-state index contributed by atoms with van der Waals surface area (Å²) in [4.78, 5) is 24.8. The molecule has 11 heteroatoms. The number of amides is 1. The molecule has 3 aromatic rings. The van der Waals surface area contributed by atoms with E-state index in [2.05, 4.69) is 10.4 Å². The number of sulfonamides is 1. The van der Waals surface area contributed by atoms with Crippen LogP contribution < -0.4 is 10.9 Å². The van der Waals surface area contributed by atoms with E-state index in [1.807, 2.05) is 0 Å². The van der Waals surface area contributed by atoms with E-state index in [9.17, 15) is 22.4 Å². The number of carbonyl (C=O) groups excluding carboxylic acids is 1. The van der Waals surface area contributed by atoms with Crippen molar-refractivity contribution in [2.45, 2.75) is 11.4 Å². The van der Waals surface area contributed by atoms with Gasteiger partial charge < -0.3 is 10.1 Å². The molecule has 0 saturated carbocycles. The highest BCUT2D eigenvalue weighted by molar-refractivity contribution is 7.89. The van der Waals surface area contributed by atoms with Crippen molar-refractivity contribution >= 4 is 15.9 Å². The molecule has 1 aliphatic rings. The first-order valence-electron chi connectivity index (χ1n) is 10.2. The molecule has 1 amide bonds. The van der Waals surface area contributed by atoms with Crippen LogP contribution in [0.2, 0.25) is 0 Å². The second-order valence-corrected chi connectivity index (χ2v) is 9.23. The maximum Gasteiger partial charge on any atom is 0.272 e. The molecular formula is C22H21FN4O5S. The topological polar surface area (TPSA) is 111 Å². The molecule has 0 atom stereocenters. The average molecular weight is 472 g/mol. The molecule has 1 aliphatic heterocycles. The van der Waals surface area contributed by atoms with Gasteiger partial charge in [0.05, 0.1) is 23.8 Å². The lowest BCUT2D eigenvalue weighted by atomic mass is 10.2. The standard InChI is InChI=1S/C22H21FN4O5S/c23-17-3-5-18(6-4-17)27-21(28)10-9-20(25-27)22(29)24-15-16-1-7-19(8-2-16)33(30,31)26-11-13-32-14-12-26/h1-10H,11-15H2,(H,24,29). The highest BCUT2D eigenvalue weighted by Crippen LogP contribution is 2.17. The second-order valence-electron chi connectivity index (χ2n) is 7.29. The first-order valence-corrected chi connectivity index (χ1v) is 11.6. The Hall–Kier alpha value is -3.41. The van der Waals surface area contributed by atoms with Crippen LogP contribution >= 0.6 is 0 Å². The predicted molar refractivity (Wildman–Crippen MR) is 117 cm³/mol. The van der Waals surface area contributed by atoms with Crippen LogP contribution in [0.4, 0.5) is 4.39 Å². The molecule has 1 N–H and O–H groups in total. The number of aromatic nitrogens is 2. The molecule has 0 bridgehead atoms. The number of benzene rings is 2. The van der Waals surface area contributed by atoms with Gasteiger partial charge in [-0.3, -0.25) is 9.59 Å². The van der Waals surface area contributed by atoms with Crippen molar-refractivity contribution in [2.75, 3.05) is 26.3 Å². The van der Waals surface area contributed by atoms with Gasteiger partial charge in [0.2, 0.25) is 10.0 Å². The summed E-state index contributed by atoms with van der Waals surface area (Å²) in [5, 5.41) is 6.75. The van der Waals surface area contributed by atoms with Gasteiger partial charge in [-0.15, -0.1) is 0 Å². The molecule has 0 unspecified atom stereocenters. The maximum absolute atomic E-state index is 13.1. The van der Waals surface area contributed by atoms with E-state index in [0.717, 1.165) is 4.68 Å². The second kappa shape index (κ2) is 9.61. The van der Waals surface area contributed by atoms with Crippen molar-refractivity contribution in [1.82, 2.24) is 19.4 Å². The van der Waals surface area contributed by atoms with Gasteiger partial charge in [-0.05, 0) is 48.0 Å². The minimum absolute atomic E-state index is 0.00504. The first-order chi connectivity index (χ1) is 15.8. The van der Waals surface area contributed by atoms with Crippen LogP contribution in [0.5, 0.6) is 0 Å². The maximum atomic E-state index is 13.1. The SMILES string of the molecule is O=C(NCc1ccc(S(=O)(=O)N2CCOCC2)cc1)c1ccc(=O)n(-c2ccc(F)cc2)n1. The van der Waals surface area contributed by atoms with Crippen molar-refractivity contribution in [2.24, 2.45) is 0 Å². The fourth-order valence-corrected chi connectivity index (χ4v) is 4.70. The molecule has 2 heterocycles. The monoisotopic (exact) mass is 472 g/mol. The third-order valence-electron chi connectivity index (χ3n) is 5.09. The van der Waals surface area contributed by atoms with Crippen molar-refractivity contribution in [1.29, 1.82) is 0 Å². The van der Waals surface area contributed by atoms with Gasteiger partial charge in [-0.2, -0.15) is 14.1 Å². The molecule has 9 nitrogen and oxygen atoms in total. The molecule has 172 valence electrons. The smallest absolute Gasteiger partial charge is 0.272 e. The van der Waals surface area contributed by atoms with Crippen molar-refractivity contribution in [3.63, 3.8) is 0 Å². The normalized spacial score (nSPS) is 14.7. The molecule has 1 saturated heterocycles. The summed E-state index contributed by atoms with van der Waals surface area (Å²) in [5.41, 5.74) is 0.560. The van der Waals surface area contributed by atoms with Gasteiger partial charge in [0.1, 0.15) is 11.5 Å². The van der Waals surface area contributed by atoms with Crippen LogP contribution in [0.1, 0.15) is 16.1 Å². The summed E-state index contributed by atoms with van der Waals surface area (Å²) in [7, 11) is -3.59. The van der Waals surface area contributed by atoms with E-state index >= 15 is 0 Å². The Morgan fingerprint density at radius 3 is 2.33 bits per heavy atom. The first kappa shape index (κ1) is 22.8. The van der Waals surface area contributed by atoms with Crippen molar-refractivity contribution in [3.8, 4) is 5.69 Å². The van der Waals surface area contributed by atoms with E-state index in [1.54, 1.807) is 12.1 Å². The minimum Gasteiger partial charge on any atom is -0.379 e. The van der Waals surface area contributed by atoms with E-state index in [0.29, 0.717) is 37.6 Å². The minimum atomic E-state index is -3.59. The molecular weight excluding hydrogens is 451 g/mol. The van der Waals surface area contributed by atoms with Crippen molar-refractivity contribution in [3.05, 3.63) is 88.1 Å². The predicted octanol–water partition coefficient (Wildman–Crippen LogP) is 1.32. The fourth-order valence-electron chi connectivity index (χ4n) is 3.29. The highest BCUT2D eigenvalue weighted by atomic mass is 32.2. The summed E-state index contributed by atoms with van der Waals surface area (Å²) < 4.78 is 46.1. The Morgan fingerprint density at radius 1 is 1.00 bits per heavy atom. The Bertz CT molecular complexity index is 1300. The van der Waals surface area contributed by atoms with Crippen LogP contribution in [0.3, 0.4) is 0 Å². The Morgan fingerprint density at radius 2 is 1.67 bits per heavy atom. The molecule has 1 fully saturated rings. The number of hydrogen-bond donors (Lipinski definition) is 1. The van der Waals surface area contributed by atoms with Crippen LogP contribution in [0.25, 0.3) is 5.69 Å².